The molecule has 2 N–H and O–H groups in total. The van der Waals surface area contributed by atoms with Crippen LogP contribution in [0.1, 0.15) is 12.8 Å². The normalized spacial score (nSPS) is 19.9. The molecule has 1 atom stereocenters. The summed E-state index contributed by atoms with van der Waals surface area (Å²) in [7, 11) is 1.63. The molecule has 7 heteroatoms. The van der Waals surface area contributed by atoms with E-state index >= 15 is 0 Å². The summed E-state index contributed by atoms with van der Waals surface area (Å²) in [6.07, 6.45) is 3.59. The average Bonchev–Trinajstić information content (AvgIpc) is 2.84. The Bertz CT molecular complexity index is 383. The van der Waals surface area contributed by atoms with Crippen LogP contribution in [0.5, 0.6) is 0 Å². The van der Waals surface area contributed by atoms with Crippen molar-refractivity contribution in [2.24, 2.45) is 7.05 Å². The van der Waals surface area contributed by atoms with Crippen LogP contribution in [0, 0.1) is 10.1 Å². The summed E-state index contributed by atoms with van der Waals surface area (Å²) in [4.78, 5) is 14.1. The maximum atomic E-state index is 10.6. The summed E-state index contributed by atoms with van der Waals surface area (Å²) in [5.74, 6) is 0.544. The number of nitrogens with one attached hydrogen (secondary N) is 2. The van der Waals surface area contributed by atoms with E-state index in [2.05, 4.69) is 15.6 Å². The largest absolute Gasteiger partial charge is 0.358 e. The van der Waals surface area contributed by atoms with Gasteiger partial charge >= 0.3 is 5.82 Å². The highest BCUT2D eigenvalue weighted by molar-refractivity contribution is 5.35. The van der Waals surface area contributed by atoms with Gasteiger partial charge in [-0.2, -0.15) is 9.55 Å². The Balaban J connectivity index is 1.96. The van der Waals surface area contributed by atoms with Crippen molar-refractivity contribution in [1.29, 1.82) is 0 Å². The molecule has 0 bridgehead atoms. The van der Waals surface area contributed by atoms with E-state index in [0.29, 0.717) is 12.0 Å². The zero-order valence-corrected chi connectivity index (χ0v) is 9.14. The number of rotatable bonds is 4. The molecule has 1 fully saturated rings. The fraction of sp³-hybridized carbons (Fsp3) is 0.667. The Morgan fingerprint density at radius 1 is 1.81 bits per heavy atom. The van der Waals surface area contributed by atoms with Crippen molar-refractivity contribution in [3.05, 3.63) is 16.3 Å². The van der Waals surface area contributed by atoms with Crippen LogP contribution >= 0.6 is 0 Å². The number of aromatic nitrogens is 2. The summed E-state index contributed by atoms with van der Waals surface area (Å²) in [5.41, 5.74) is 0. The van der Waals surface area contributed by atoms with Crippen LogP contribution in [-0.4, -0.2) is 33.6 Å². The van der Waals surface area contributed by atoms with Crippen molar-refractivity contribution < 1.29 is 4.92 Å². The lowest BCUT2D eigenvalue weighted by Gasteiger charge is -2.09. The number of anilines is 1. The molecule has 2 rings (SSSR count). The van der Waals surface area contributed by atoms with Crippen molar-refractivity contribution in [3.8, 4) is 0 Å². The van der Waals surface area contributed by atoms with Crippen molar-refractivity contribution in [2.75, 3.05) is 18.4 Å². The molecular weight excluding hydrogens is 210 g/mol. The summed E-state index contributed by atoms with van der Waals surface area (Å²) in [6, 6.07) is 0.441. The minimum atomic E-state index is -0.438. The molecule has 1 saturated heterocycles. The molecule has 0 radical (unpaired) electrons. The van der Waals surface area contributed by atoms with E-state index in [0.717, 1.165) is 19.5 Å². The molecule has 88 valence electrons. The molecule has 0 spiro atoms. The second-order valence-electron chi connectivity index (χ2n) is 3.93. The van der Waals surface area contributed by atoms with Gasteiger partial charge in [0.2, 0.25) is 0 Å². The lowest BCUT2D eigenvalue weighted by molar-refractivity contribution is -0.391. The highest BCUT2D eigenvalue weighted by Gasteiger charge is 2.18. The predicted octanol–water partition coefficient (Wildman–Crippen LogP) is 0.492. The molecule has 0 aromatic carbocycles. The first kappa shape index (κ1) is 10.9. The van der Waals surface area contributed by atoms with Crippen molar-refractivity contribution in [3.63, 3.8) is 0 Å². The lowest BCUT2D eigenvalue weighted by atomic mass is 10.2. The maximum absolute atomic E-state index is 10.6. The van der Waals surface area contributed by atoms with Crippen LogP contribution in [0.3, 0.4) is 0 Å². The Labute approximate surface area is 93.0 Å². The Morgan fingerprint density at radius 3 is 3.19 bits per heavy atom. The van der Waals surface area contributed by atoms with Crippen LogP contribution in [0.2, 0.25) is 0 Å². The number of hydrogen-bond acceptors (Lipinski definition) is 5. The van der Waals surface area contributed by atoms with Crippen LogP contribution in [-0.2, 0) is 7.05 Å². The highest BCUT2D eigenvalue weighted by Crippen LogP contribution is 2.15. The minimum absolute atomic E-state index is 0.00174. The standard InChI is InChI=1S/C9H15N5O2/c1-13-8(14(15)16)6-12-9(13)11-5-7-3-2-4-10-7/h6-7,10H,2-5H2,1H3,(H,11,12). The van der Waals surface area contributed by atoms with E-state index in [1.54, 1.807) is 7.05 Å². The second-order valence-corrected chi connectivity index (χ2v) is 3.93. The number of nitrogens with zero attached hydrogens (tertiary/aromatic N) is 3. The third-order valence-electron chi connectivity index (χ3n) is 2.82. The first-order valence-electron chi connectivity index (χ1n) is 5.32. The zero-order valence-electron chi connectivity index (χ0n) is 9.14. The molecule has 0 amide bonds. The molecule has 1 aliphatic rings. The maximum Gasteiger partial charge on any atom is 0.344 e. The van der Waals surface area contributed by atoms with Crippen LogP contribution in [0.15, 0.2) is 6.20 Å². The summed E-state index contributed by atoms with van der Waals surface area (Å²) in [5, 5.41) is 17.1. The first-order chi connectivity index (χ1) is 7.68. The molecule has 1 aromatic heterocycles. The van der Waals surface area contributed by atoms with E-state index in [1.807, 2.05) is 0 Å². The monoisotopic (exact) mass is 225 g/mol. The van der Waals surface area contributed by atoms with Gasteiger partial charge in [-0.15, -0.1) is 0 Å². The predicted molar refractivity (Wildman–Crippen MR) is 59.4 cm³/mol. The zero-order chi connectivity index (χ0) is 11.5. The van der Waals surface area contributed by atoms with Gasteiger partial charge in [0.15, 0.2) is 0 Å². The molecule has 0 saturated carbocycles. The molecule has 2 heterocycles. The van der Waals surface area contributed by atoms with Gasteiger partial charge in [0.1, 0.15) is 6.20 Å². The first-order valence-corrected chi connectivity index (χ1v) is 5.32. The van der Waals surface area contributed by atoms with E-state index < -0.39 is 4.92 Å². The van der Waals surface area contributed by atoms with Crippen LogP contribution in [0.4, 0.5) is 11.8 Å². The minimum Gasteiger partial charge on any atom is -0.358 e. The van der Waals surface area contributed by atoms with Crippen LogP contribution in [0.25, 0.3) is 0 Å². The molecule has 0 aliphatic carbocycles. The molecule has 1 unspecified atom stereocenters. The van der Waals surface area contributed by atoms with Crippen molar-refractivity contribution >= 4 is 11.8 Å². The quantitative estimate of drug-likeness (QED) is 0.575. The molecular formula is C9H15N5O2. The van der Waals surface area contributed by atoms with E-state index in [4.69, 9.17) is 0 Å². The Morgan fingerprint density at radius 2 is 2.62 bits per heavy atom. The third-order valence-corrected chi connectivity index (χ3v) is 2.82. The summed E-state index contributed by atoms with van der Waals surface area (Å²) in [6.45, 7) is 1.80. The van der Waals surface area contributed by atoms with Gasteiger partial charge in [0.05, 0.1) is 7.05 Å². The lowest BCUT2D eigenvalue weighted by Crippen LogP contribution is -2.30. The average molecular weight is 225 g/mol. The highest BCUT2D eigenvalue weighted by atomic mass is 16.6. The fourth-order valence-corrected chi connectivity index (χ4v) is 1.88. The van der Waals surface area contributed by atoms with Gasteiger partial charge in [-0.1, -0.05) is 0 Å². The van der Waals surface area contributed by atoms with Gasteiger partial charge in [-0.05, 0) is 24.3 Å². The number of nitro groups is 1. The SMILES string of the molecule is Cn1c([N+](=O)[O-])cnc1NCC1CCCN1. The van der Waals surface area contributed by atoms with Gasteiger partial charge < -0.3 is 20.7 Å². The van der Waals surface area contributed by atoms with Crippen LogP contribution < -0.4 is 10.6 Å². The van der Waals surface area contributed by atoms with E-state index in [-0.39, 0.29) is 5.82 Å². The Kier molecular flexibility index (Phi) is 3.04. The third kappa shape index (κ3) is 2.13. The summed E-state index contributed by atoms with van der Waals surface area (Å²) < 4.78 is 1.45. The topological polar surface area (TPSA) is 85.0 Å². The van der Waals surface area contributed by atoms with Gasteiger partial charge in [-0.3, -0.25) is 0 Å². The fourth-order valence-electron chi connectivity index (χ4n) is 1.88. The van der Waals surface area contributed by atoms with E-state index in [9.17, 15) is 10.1 Å². The van der Waals surface area contributed by atoms with Gasteiger partial charge in [0.25, 0.3) is 5.95 Å². The van der Waals surface area contributed by atoms with Crippen molar-refractivity contribution in [1.82, 2.24) is 14.9 Å². The molecule has 1 aliphatic heterocycles. The number of hydrogen-bond donors (Lipinski definition) is 2. The smallest absolute Gasteiger partial charge is 0.344 e. The molecule has 16 heavy (non-hydrogen) atoms. The van der Waals surface area contributed by atoms with E-state index in [1.165, 1.54) is 17.2 Å². The van der Waals surface area contributed by atoms with Gasteiger partial charge in [-0.25, -0.2) is 0 Å². The Hall–Kier alpha value is -1.63. The number of imidazole rings is 1. The summed E-state index contributed by atoms with van der Waals surface area (Å²) >= 11 is 0. The van der Waals surface area contributed by atoms with Crippen molar-refractivity contribution in [2.45, 2.75) is 18.9 Å². The molecule has 1 aromatic rings. The molecule has 7 nitrogen and oxygen atoms in total. The second kappa shape index (κ2) is 4.48. The van der Waals surface area contributed by atoms with Gasteiger partial charge in [0, 0.05) is 12.6 Å².